The van der Waals surface area contributed by atoms with Crippen molar-refractivity contribution in [2.75, 3.05) is 13.1 Å². The van der Waals surface area contributed by atoms with E-state index in [1.807, 2.05) is 37.4 Å². The van der Waals surface area contributed by atoms with E-state index in [4.69, 9.17) is 0 Å². The predicted octanol–water partition coefficient (Wildman–Crippen LogP) is 3.96. The Kier molecular flexibility index (Phi) is 8.80. The summed E-state index contributed by atoms with van der Waals surface area (Å²) in [6, 6.07) is 8.90. The lowest BCUT2D eigenvalue weighted by molar-refractivity contribution is 0.0655. The number of hydrogen-bond acceptors (Lipinski definition) is 4. The zero-order valence-corrected chi connectivity index (χ0v) is 20.4. The largest absolute Gasteiger partial charge is 0.383 e. The van der Waals surface area contributed by atoms with Gasteiger partial charge >= 0.3 is 0 Å². The van der Waals surface area contributed by atoms with E-state index in [-0.39, 0.29) is 29.8 Å². The molecule has 0 spiro atoms. The van der Waals surface area contributed by atoms with E-state index < -0.39 is 5.60 Å². The molecule has 0 radical (unpaired) electrons. The summed E-state index contributed by atoms with van der Waals surface area (Å²) in [4.78, 5) is 9.54. The lowest BCUT2D eigenvalue weighted by Gasteiger charge is -2.23. The topological polar surface area (TPSA) is 74.5 Å². The van der Waals surface area contributed by atoms with E-state index in [1.165, 1.54) is 17.4 Å². The fourth-order valence-electron chi connectivity index (χ4n) is 2.92. The lowest BCUT2D eigenvalue weighted by Crippen LogP contribution is -2.44. The number of halogens is 2. The van der Waals surface area contributed by atoms with Gasteiger partial charge in [0.05, 0.1) is 18.8 Å². The number of imidazole rings is 1. The molecule has 0 aliphatic rings. The molecule has 3 N–H and O–H groups in total. The number of aliphatic hydroxyl groups is 1. The minimum Gasteiger partial charge on any atom is -0.383 e. The molecule has 0 aliphatic carbocycles. The Morgan fingerprint density at radius 3 is 2.73 bits per heavy atom. The highest BCUT2D eigenvalue weighted by molar-refractivity contribution is 14.0. The van der Waals surface area contributed by atoms with Crippen molar-refractivity contribution in [3.63, 3.8) is 0 Å². The third-order valence-electron chi connectivity index (χ3n) is 4.51. The quantitative estimate of drug-likeness (QED) is 0.240. The van der Waals surface area contributed by atoms with Crippen molar-refractivity contribution in [1.82, 2.24) is 20.2 Å². The van der Waals surface area contributed by atoms with Gasteiger partial charge in [-0.2, -0.15) is 0 Å². The van der Waals surface area contributed by atoms with Crippen LogP contribution < -0.4 is 10.6 Å². The Morgan fingerprint density at radius 2 is 2.13 bits per heavy atom. The first-order chi connectivity index (χ1) is 13.9. The molecule has 1 unspecified atom stereocenters. The minimum atomic E-state index is -0.999. The van der Waals surface area contributed by atoms with E-state index in [2.05, 4.69) is 20.6 Å². The Hall–Kier alpha value is -1.98. The van der Waals surface area contributed by atoms with Crippen molar-refractivity contribution < 1.29 is 9.50 Å². The van der Waals surface area contributed by atoms with Crippen molar-refractivity contribution in [3.05, 3.63) is 70.2 Å². The molecule has 1 atom stereocenters. The second kappa shape index (κ2) is 10.9. The van der Waals surface area contributed by atoms with Crippen LogP contribution in [-0.2, 0) is 12.1 Å². The first-order valence-electron chi connectivity index (χ1n) is 9.48. The molecule has 2 aromatic heterocycles. The number of aryl methyl sites for hydroxylation is 1. The zero-order chi connectivity index (χ0) is 20.9. The third-order valence-corrected chi connectivity index (χ3v) is 5.64. The number of aromatic nitrogens is 2. The molecule has 1 aromatic carbocycles. The molecule has 162 valence electrons. The summed E-state index contributed by atoms with van der Waals surface area (Å²) in [5.41, 5.74) is 0.219. The molecular formula is C21H27FIN5OS. The fraction of sp³-hybridized carbons (Fsp3) is 0.333. The Balaban J connectivity index is 0.00000320. The van der Waals surface area contributed by atoms with E-state index in [9.17, 15) is 9.50 Å². The molecule has 0 fully saturated rings. The van der Waals surface area contributed by atoms with Crippen LogP contribution >= 0.6 is 35.3 Å². The van der Waals surface area contributed by atoms with Crippen molar-refractivity contribution in [1.29, 1.82) is 0 Å². The predicted molar refractivity (Wildman–Crippen MR) is 130 cm³/mol. The maximum Gasteiger partial charge on any atom is 0.191 e. The van der Waals surface area contributed by atoms with Crippen molar-refractivity contribution in [3.8, 4) is 5.69 Å². The van der Waals surface area contributed by atoms with Gasteiger partial charge in [0.2, 0.25) is 0 Å². The van der Waals surface area contributed by atoms with Gasteiger partial charge in [0.15, 0.2) is 5.96 Å². The molecule has 3 aromatic rings. The van der Waals surface area contributed by atoms with Gasteiger partial charge in [-0.1, -0.05) is 12.1 Å². The molecular weight excluding hydrogens is 516 g/mol. The van der Waals surface area contributed by atoms with Crippen LogP contribution in [0.15, 0.2) is 53.1 Å². The van der Waals surface area contributed by atoms with Gasteiger partial charge in [-0.3, -0.25) is 0 Å². The number of hydrogen-bond donors (Lipinski definition) is 3. The van der Waals surface area contributed by atoms with Crippen LogP contribution in [0, 0.1) is 12.7 Å². The number of thiophene rings is 1. The van der Waals surface area contributed by atoms with Gasteiger partial charge in [0.1, 0.15) is 17.2 Å². The monoisotopic (exact) mass is 543 g/mol. The number of guanidine groups is 1. The van der Waals surface area contributed by atoms with E-state index in [1.54, 1.807) is 30.0 Å². The average Bonchev–Trinajstić information content (AvgIpc) is 3.37. The van der Waals surface area contributed by atoms with Crippen molar-refractivity contribution in [2.24, 2.45) is 4.99 Å². The number of benzene rings is 1. The van der Waals surface area contributed by atoms with Gasteiger partial charge in [-0.05, 0) is 49.9 Å². The van der Waals surface area contributed by atoms with Gasteiger partial charge in [-0.15, -0.1) is 35.3 Å². The van der Waals surface area contributed by atoms with Crippen LogP contribution in [0.5, 0.6) is 0 Å². The zero-order valence-electron chi connectivity index (χ0n) is 17.2. The van der Waals surface area contributed by atoms with Crippen LogP contribution in [0.4, 0.5) is 4.39 Å². The van der Waals surface area contributed by atoms with Crippen molar-refractivity contribution in [2.45, 2.75) is 32.9 Å². The molecule has 3 rings (SSSR count). The minimum absolute atomic E-state index is 0. The van der Waals surface area contributed by atoms with E-state index in [0.717, 1.165) is 16.3 Å². The maximum atomic E-state index is 14.6. The highest BCUT2D eigenvalue weighted by Crippen LogP contribution is 2.24. The molecule has 0 saturated heterocycles. The van der Waals surface area contributed by atoms with E-state index >= 15 is 0 Å². The summed E-state index contributed by atoms with van der Waals surface area (Å²) in [7, 11) is 0. The molecule has 6 nitrogen and oxygen atoms in total. The molecule has 0 aliphatic heterocycles. The summed E-state index contributed by atoms with van der Waals surface area (Å²) >= 11 is 1.51. The molecule has 30 heavy (non-hydrogen) atoms. The van der Waals surface area contributed by atoms with Crippen LogP contribution in [0.25, 0.3) is 5.69 Å². The SMILES string of the molecule is CCNC(=NCc1ccc(-n2ccnc2C)c(F)c1)NCC(C)(O)c1cccs1.I. The molecule has 9 heteroatoms. The normalized spacial score (nSPS) is 13.4. The summed E-state index contributed by atoms with van der Waals surface area (Å²) in [6.07, 6.45) is 3.38. The summed E-state index contributed by atoms with van der Waals surface area (Å²) in [5.74, 6) is 0.975. The molecule has 0 amide bonds. The van der Waals surface area contributed by atoms with Gasteiger partial charge in [0.25, 0.3) is 0 Å². The standard InChI is InChI=1S/C21H26FN5OS.HI/c1-4-23-20(26-14-21(3,28)19-6-5-11-29-19)25-13-16-7-8-18(17(22)12-16)27-10-9-24-15(27)2;/h5-12,28H,4,13-14H2,1-3H3,(H2,23,25,26);1H. The Morgan fingerprint density at radius 1 is 1.33 bits per heavy atom. The summed E-state index contributed by atoms with van der Waals surface area (Å²) in [6.45, 7) is 6.87. The maximum absolute atomic E-state index is 14.6. The van der Waals surface area contributed by atoms with Gasteiger partial charge < -0.3 is 20.3 Å². The van der Waals surface area contributed by atoms with Crippen LogP contribution in [0.2, 0.25) is 0 Å². The Labute approximate surface area is 197 Å². The second-order valence-corrected chi connectivity index (χ2v) is 7.88. The average molecular weight is 543 g/mol. The summed E-state index contributed by atoms with van der Waals surface area (Å²) < 4.78 is 16.3. The second-order valence-electron chi connectivity index (χ2n) is 6.93. The highest BCUT2D eigenvalue weighted by Gasteiger charge is 2.24. The van der Waals surface area contributed by atoms with Crippen LogP contribution in [-0.4, -0.2) is 33.7 Å². The highest BCUT2D eigenvalue weighted by atomic mass is 127. The third kappa shape index (κ3) is 6.02. The number of rotatable bonds is 7. The lowest BCUT2D eigenvalue weighted by atomic mass is 10.1. The number of nitrogens with one attached hydrogen (secondary N) is 2. The summed E-state index contributed by atoms with van der Waals surface area (Å²) in [5, 5.41) is 18.9. The first kappa shape index (κ1) is 24.3. The fourth-order valence-corrected chi connectivity index (χ4v) is 3.70. The van der Waals surface area contributed by atoms with E-state index in [0.29, 0.717) is 31.3 Å². The number of nitrogens with zero attached hydrogens (tertiary/aromatic N) is 3. The van der Waals surface area contributed by atoms with Crippen LogP contribution in [0.1, 0.15) is 30.1 Å². The Bertz CT molecular complexity index is 972. The molecule has 0 saturated carbocycles. The van der Waals surface area contributed by atoms with Gasteiger partial charge in [0, 0.05) is 23.8 Å². The van der Waals surface area contributed by atoms with Crippen LogP contribution in [0.3, 0.4) is 0 Å². The van der Waals surface area contributed by atoms with Gasteiger partial charge in [-0.25, -0.2) is 14.4 Å². The molecule has 0 bridgehead atoms. The first-order valence-corrected chi connectivity index (χ1v) is 10.4. The smallest absolute Gasteiger partial charge is 0.191 e. The van der Waals surface area contributed by atoms with Crippen molar-refractivity contribution >= 4 is 41.3 Å². The number of aliphatic imine (C=N–C) groups is 1. The molecule has 2 heterocycles.